The summed E-state index contributed by atoms with van der Waals surface area (Å²) in [4.78, 5) is 17.8. The smallest absolute Gasteiger partial charge is 0.235 e. The Labute approximate surface area is 138 Å². The molecule has 0 atom stereocenters. The molecule has 0 aromatic heterocycles. The average molecular weight is 313 g/mol. The van der Waals surface area contributed by atoms with E-state index in [9.17, 15) is 4.79 Å². The Morgan fingerprint density at radius 3 is 2.70 bits per heavy atom. The van der Waals surface area contributed by atoms with Crippen molar-refractivity contribution < 1.29 is 4.79 Å². The van der Waals surface area contributed by atoms with Crippen LogP contribution in [0.5, 0.6) is 0 Å². The molecular weight excluding hydrogens is 286 g/mol. The molecule has 4 heteroatoms. The number of fused-ring (bicyclic) bond motifs is 2. The first-order valence-electron chi connectivity index (χ1n) is 9.03. The van der Waals surface area contributed by atoms with Crippen molar-refractivity contribution in [3.8, 4) is 0 Å². The van der Waals surface area contributed by atoms with E-state index in [0.29, 0.717) is 6.04 Å². The maximum absolute atomic E-state index is 12.7. The lowest BCUT2D eigenvalue weighted by Crippen LogP contribution is -2.46. The standard InChI is InChI=1S/C19H27N3O/c1-21-11-4-12-22(14-13-21)15-7-9-19(10-8-15)16-5-2-3-6-17(16)20-18(19)23/h2-3,5-6,15H,4,7-14H2,1H3,(H,20,23). The predicted octanol–water partition coefficient (Wildman–Crippen LogP) is 2.46. The molecule has 124 valence electrons. The number of anilines is 1. The maximum atomic E-state index is 12.7. The third-order valence-corrected chi connectivity index (χ3v) is 6.20. The molecule has 1 spiro atoms. The summed E-state index contributed by atoms with van der Waals surface area (Å²) >= 11 is 0. The van der Waals surface area contributed by atoms with Gasteiger partial charge in [0.2, 0.25) is 5.91 Å². The van der Waals surface area contributed by atoms with Crippen LogP contribution in [0.2, 0.25) is 0 Å². The molecule has 2 aliphatic heterocycles. The SMILES string of the molecule is CN1CCCN(C2CCC3(CC2)C(=O)Nc2ccccc23)CC1. The molecule has 0 bridgehead atoms. The number of carbonyl (C=O) groups is 1. The maximum Gasteiger partial charge on any atom is 0.235 e. The van der Waals surface area contributed by atoms with E-state index in [2.05, 4.69) is 34.3 Å². The first kappa shape index (κ1) is 15.2. The second-order valence-electron chi connectivity index (χ2n) is 7.51. The lowest BCUT2D eigenvalue weighted by Gasteiger charge is -2.40. The Bertz CT molecular complexity index is 592. The van der Waals surface area contributed by atoms with Gasteiger partial charge >= 0.3 is 0 Å². The minimum absolute atomic E-state index is 0.229. The van der Waals surface area contributed by atoms with E-state index in [1.807, 2.05) is 12.1 Å². The normalized spacial score (nSPS) is 32.6. The number of likely N-dealkylation sites (N-methyl/N-ethyl adjacent to an activating group) is 1. The molecule has 0 radical (unpaired) electrons. The van der Waals surface area contributed by atoms with Gasteiger partial charge in [-0.25, -0.2) is 0 Å². The van der Waals surface area contributed by atoms with Gasteiger partial charge in [-0.1, -0.05) is 18.2 Å². The number of amides is 1. The second kappa shape index (κ2) is 5.91. The topological polar surface area (TPSA) is 35.6 Å². The summed E-state index contributed by atoms with van der Waals surface area (Å²) in [5.41, 5.74) is 2.02. The number of benzene rings is 1. The summed E-state index contributed by atoms with van der Waals surface area (Å²) in [6.07, 6.45) is 5.54. The number of carbonyl (C=O) groups excluding carboxylic acids is 1. The summed E-state index contributed by atoms with van der Waals surface area (Å²) in [6, 6.07) is 8.93. The molecule has 2 fully saturated rings. The molecule has 1 saturated carbocycles. The number of hydrogen-bond acceptors (Lipinski definition) is 3. The number of nitrogens with zero attached hydrogens (tertiary/aromatic N) is 2. The van der Waals surface area contributed by atoms with Crippen molar-refractivity contribution in [3.05, 3.63) is 29.8 Å². The first-order chi connectivity index (χ1) is 11.2. The summed E-state index contributed by atoms with van der Waals surface area (Å²) in [7, 11) is 2.22. The van der Waals surface area contributed by atoms with Crippen molar-refractivity contribution in [2.75, 3.05) is 38.5 Å². The van der Waals surface area contributed by atoms with Crippen molar-refractivity contribution in [3.63, 3.8) is 0 Å². The fourth-order valence-corrected chi connectivity index (χ4v) is 4.76. The fraction of sp³-hybridized carbons (Fsp3) is 0.632. The van der Waals surface area contributed by atoms with Crippen LogP contribution in [0.4, 0.5) is 5.69 Å². The molecule has 23 heavy (non-hydrogen) atoms. The molecule has 1 amide bonds. The van der Waals surface area contributed by atoms with Crippen molar-refractivity contribution in [1.29, 1.82) is 0 Å². The predicted molar refractivity (Wildman–Crippen MR) is 92.7 cm³/mol. The molecule has 1 aromatic carbocycles. The molecule has 4 rings (SSSR count). The van der Waals surface area contributed by atoms with Gasteiger partial charge in [0.1, 0.15) is 0 Å². The van der Waals surface area contributed by atoms with Gasteiger partial charge in [0.05, 0.1) is 5.41 Å². The van der Waals surface area contributed by atoms with Gasteiger partial charge in [0.15, 0.2) is 0 Å². The van der Waals surface area contributed by atoms with Gasteiger partial charge < -0.3 is 10.2 Å². The van der Waals surface area contributed by atoms with Gasteiger partial charge in [-0.3, -0.25) is 9.69 Å². The highest BCUT2D eigenvalue weighted by molar-refractivity contribution is 6.06. The Morgan fingerprint density at radius 2 is 1.87 bits per heavy atom. The molecule has 2 heterocycles. The summed E-state index contributed by atoms with van der Waals surface area (Å²) in [5, 5.41) is 3.11. The molecular formula is C19H27N3O. The van der Waals surface area contributed by atoms with Crippen LogP contribution in [0.25, 0.3) is 0 Å². The highest BCUT2D eigenvalue weighted by Gasteiger charge is 2.48. The molecule has 1 saturated heterocycles. The molecule has 1 aliphatic carbocycles. The Morgan fingerprint density at radius 1 is 1.09 bits per heavy atom. The van der Waals surface area contributed by atoms with Crippen LogP contribution in [0.3, 0.4) is 0 Å². The Kier molecular flexibility index (Phi) is 3.90. The van der Waals surface area contributed by atoms with E-state index in [-0.39, 0.29) is 11.3 Å². The number of rotatable bonds is 1. The highest BCUT2D eigenvalue weighted by atomic mass is 16.2. The van der Waals surface area contributed by atoms with Gasteiger partial charge in [-0.15, -0.1) is 0 Å². The zero-order valence-electron chi connectivity index (χ0n) is 14.1. The number of hydrogen-bond donors (Lipinski definition) is 1. The van der Waals surface area contributed by atoms with E-state index in [0.717, 1.165) is 31.4 Å². The van der Waals surface area contributed by atoms with E-state index < -0.39 is 0 Å². The first-order valence-corrected chi connectivity index (χ1v) is 9.03. The van der Waals surface area contributed by atoms with E-state index in [1.165, 1.54) is 38.2 Å². The van der Waals surface area contributed by atoms with Crippen LogP contribution in [-0.4, -0.2) is 55.0 Å². The fourth-order valence-electron chi connectivity index (χ4n) is 4.76. The number of nitrogens with one attached hydrogen (secondary N) is 1. The second-order valence-corrected chi connectivity index (χ2v) is 7.51. The monoisotopic (exact) mass is 313 g/mol. The minimum Gasteiger partial charge on any atom is -0.325 e. The van der Waals surface area contributed by atoms with Crippen LogP contribution in [0.15, 0.2) is 24.3 Å². The lowest BCUT2D eigenvalue weighted by atomic mass is 9.68. The molecule has 4 nitrogen and oxygen atoms in total. The van der Waals surface area contributed by atoms with Crippen LogP contribution >= 0.6 is 0 Å². The zero-order chi connectivity index (χ0) is 15.9. The third kappa shape index (κ3) is 2.58. The highest BCUT2D eigenvalue weighted by Crippen LogP contribution is 2.47. The molecule has 0 unspecified atom stereocenters. The lowest BCUT2D eigenvalue weighted by molar-refractivity contribution is -0.122. The molecule has 1 aromatic rings. The Hall–Kier alpha value is -1.39. The van der Waals surface area contributed by atoms with Crippen molar-refractivity contribution in [2.45, 2.75) is 43.6 Å². The van der Waals surface area contributed by atoms with E-state index in [4.69, 9.17) is 0 Å². The van der Waals surface area contributed by atoms with Crippen molar-refractivity contribution in [2.24, 2.45) is 0 Å². The van der Waals surface area contributed by atoms with Gasteiger partial charge in [0.25, 0.3) is 0 Å². The quantitative estimate of drug-likeness (QED) is 0.865. The van der Waals surface area contributed by atoms with Crippen molar-refractivity contribution in [1.82, 2.24) is 9.80 Å². The van der Waals surface area contributed by atoms with Gasteiger partial charge in [-0.05, 0) is 63.9 Å². The zero-order valence-corrected chi connectivity index (χ0v) is 14.1. The minimum atomic E-state index is -0.254. The summed E-state index contributed by atoms with van der Waals surface area (Å²) in [6.45, 7) is 4.77. The van der Waals surface area contributed by atoms with Gasteiger partial charge in [-0.2, -0.15) is 0 Å². The summed E-state index contributed by atoms with van der Waals surface area (Å²) < 4.78 is 0. The van der Waals surface area contributed by atoms with Crippen molar-refractivity contribution >= 4 is 11.6 Å². The number of para-hydroxylation sites is 1. The summed E-state index contributed by atoms with van der Waals surface area (Å²) in [5.74, 6) is 0.229. The third-order valence-electron chi connectivity index (χ3n) is 6.20. The van der Waals surface area contributed by atoms with E-state index in [1.54, 1.807) is 0 Å². The van der Waals surface area contributed by atoms with Crippen LogP contribution in [-0.2, 0) is 10.2 Å². The molecule has 3 aliphatic rings. The Balaban J connectivity index is 1.48. The molecule has 1 N–H and O–H groups in total. The average Bonchev–Trinajstić information content (AvgIpc) is 2.72. The van der Waals surface area contributed by atoms with Crippen LogP contribution in [0.1, 0.15) is 37.7 Å². The van der Waals surface area contributed by atoms with Crippen LogP contribution in [0, 0.1) is 0 Å². The van der Waals surface area contributed by atoms with Gasteiger partial charge in [0, 0.05) is 24.8 Å². The van der Waals surface area contributed by atoms with Crippen LogP contribution < -0.4 is 5.32 Å². The largest absolute Gasteiger partial charge is 0.325 e. The van der Waals surface area contributed by atoms with E-state index >= 15 is 0 Å².